The van der Waals surface area contributed by atoms with Crippen molar-refractivity contribution in [2.75, 3.05) is 7.11 Å². The summed E-state index contributed by atoms with van der Waals surface area (Å²) >= 11 is 0. The van der Waals surface area contributed by atoms with Gasteiger partial charge in [-0.05, 0) is 37.1 Å². The Morgan fingerprint density at radius 2 is 1.89 bits per heavy atom. The minimum Gasteiger partial charge on any atom is -0.497 e. The Balaban J connectivity index is 1.82. The number of rotatable bonds is 6. The van der Waals surface area contributed by atoms with Gasteiger partial charge in [-0.3, -0.25) is 4.79 Å². The average Bonchev–Trinajstić information content (AvgIpc) is 3.16. The second-order valence-corrected chi connectivity index (χ2v) is 6.75. The number of hydrogen-bond donors (Lipinski definition) is 1. The van der Waals surface area contributed by atoms with Gasteiger partial charge in [0, 0.05) is 11.1 Å². The fourth-order valence-electron chi connectivity index (χ4n) is 2.68. The Kier molecular flexibility index (Phi) is 5.54. The van der Waals surface area contributed by atoms with E-state index in [1.54, 1.807) is 19.2 Å². The highest BCUT2D eigenvalue weighted by molar-refractivity contribution is 5.94. The van der Waals surface area contributed by atoms with E-state index in [-0.39, 0.29) is 17.9 Å². The maximum Gasteiger partial charge on any atom is 0.251 e. The third kappa shape index (κ3) is 4.34. The molecule has 1 atom stereocenters. The van der Waals surface area contributed by atoms with E-state index in [0.717, 1.165) is 11.1 Å². The van der Waals surface area contributed by atoms with Crippen molar-refractivity contribution in [3.8, 4) is 17.1 Å². The molecule has 0 aliphatic heterocycles. The molecule has 0 fully saturated rings. The third-order valence-electron chi connectivity index (χ3n) is 4.30. The van der Waals surface area contributed by atoms with Gasteiger partial charge in [-0.15, -0.1) is 0 Å². The van der Waals surface area contributed by atoms with Crippen LogP contribution in [0, 0.1) is 12.8 Å². The first-order valence-electron chi connectivity index (χ1n) is 8.83. The number of ether oxygens (including phenoxy) is 1. The molecule has 1 aromatic heterocycles. The number of nitrogens with zero attached hydrogens (tertiary/aromatic N) is 2. The van der Waals surface area contributed by atoms with Crippen molar-refractivity contribution in [2.24, 2.45) is 5.92 Å². The fraction of sp³-hybridized carbons (Fsp3) is 0.286. The van der Waals surface area contributed by atoms with E-state index in [2.05, 4.69) is 15.5 Å². The van der Waals surface area contributed by atoms with Gasteiger partial charge < -0.3 is 14.6 Å². The van der Waals surface area contributed by atoms with Gasteiger partial charge in [0.05, 0.1) is 7.11 Å². The molecule has 3 aromatic rings. The molecule has 0 bridgehead atoms. The lowest BCUT2D eigenvalue weighted by Gasteiger charge is -2.18. The van der Waals surface area contributed by atoms with Crippen LogP contribution in [0.3, 0.4) is 0 Å². The molecule has 6 heteroatoms. The van der Waals surface area contributed by atoms with Gasteiger partial charge in [-0.2, -0.15) is 4.98 Å². The van der Waals surface area contributed by atoms with Crippen LogP contribution in [0.25, 0.3) is 11.4 Å². The van der Waals surface area contributed by atoms with Crippen molar-refractivity contribution in [1.29, 1.82) is 0 Å². The Morgan fingerprint density at radius 1 is 1.15 bits per heavy atom. The van der Waals surface area contributed by atoms with Crippen molar-refractivity contribution in [3.63, 3.8) is 0 Å². The third-order valence-corrected chi connectivity index (χ3v) is 4.30. The van der Waals surface area contributed by atoms with Gasteiger partial charge >= 0.3 is 0 Å². The van der Waals surface area contributed by atoms with Crippen molar-refractivity contribution in [2.45, 2.75) is 26.8 Å². The number of aromatic nitrogens is 2. The molecule has 140 valence electrons. The molecule has 0 radical (unpaired) electrons. The van der Waals surface area contributed by atoms with Crippen LogP contribution in [0.5, 0.6) is 5.75 Å². The molecule has 1 heterocycles. The zero-order valence-electron chi connectivity index (χ0n) is 15.9. The number of carbonyl (C=O) groups is 1. The first-order chi connectivity index (χ1) is 13.0. The lowest BCUT2D eigenvalue weighted by molar-refractivity contribution is 0.0914. The molecule has 0 saturated carbocycles. The van der Waals surface area contributed by atoms with E-state index in [9.17, 15) is 4.79 Å². The number of aryl methyl sites for hydroxylation is 1. The summed E-state index contributed by atoms with van der Waals surface area (Å²) < 4.78 is 10.7. The Morgan fingerprint density at radius 3 is 2.56 bits per heavy atom. The zero-order chi connectivity index (χ0) is 19.4. The van der Waals surface area contributed by atoms with Crippen molar-refractivity contribution in [3.05, 3.63) is 65.5 Å². The minimum atomic E-state index is -0.384. The van der Waals surface area contributed by atoms with Crippen LogP contribution in [-0.2, 0) is 0 Å². The number of hydrogen-bond acceptors (Lipinski definition) is 5. The zero-order valence-corrected chi connectivity index (χ0v) is 15.9. The summed E-state index contributed by atoms with van der Waals surface area (Å²) in [5.74, 6) is 1.46. The molecular formula is C21H23N3O3. The summed E-state index contributed by atoms with van der Waals surface area (Å²) in [5, 5.41) is 7.06. The van der Waals surface area contributed by atoms with Gasteiger partial charge in [0.25, 0.3) is 5.91 Å². The average molecular weight is 365 g/mol. The summed E-state index contributed by atoms with van der Waals surface area (Å²) in [5.41, 5.74) is 2.49. The maximum atomic E-state index is 12.6. The number of carbonyl (C=O) groups excluding carboxylic acids is 1. The van der Waals surface area contributed by atoms with Crippen LogP contribution in [0.2, 0.25) is 0 Å². The monoisotopic (exact) mass is 365 g/mol. The second-order valence-electron chi connectivity index (χ2n) is 6.75. The van der Waals surface area contributed by atoms with Crippen molar-refractivity contribution < 1.29 is 14.1 Å². The van der Waals surface area contributed by atoms with E-state index in [1.807, 2.05) is 57.2 Å². The molecule has 6 nitrogen and oxygen atoms in total. The summed E-state index contributed by atoms with van der Waals surface area (Å²) in [6.07, 6.45) is 0. The molecule has 3 rings (SSSR count). The highest BCUT2D eigenvalue weighted by Crippen LogP contribution is 2.26. The number of amides is 1. The molecule has 2 aromatic carbocycles. The minimum absolute atomic E-state index is 0.0815. The van der Waals surface area contributed by atoms with Crippen molar-refractivity contribution >= 4 is 5.91 Å². The van der Waals surface area contributed by atoms with Gasteiger partial charge in [0.15, 0.2) is 0 Å². The molecule has 0 unspecified atom stereocenters. The Bertz CT molecular complexity index is 916. The first kappa shape index (κ1) is 18.6. The predicted molar refractivity (Wildman–Crippen MR) is 103 cm³/mol. The van der Waals surface area contributed by atoms with Gasteiger partial charge in [0.1, 0.15) is 11.8 Å². The van der Waals surface area contributed by atoms with Gasteiger partial charge in [0.2, 0.25) is 11.7 Å². The number of benzene rings is 2. The van der Waals surface area contributed by atoms with E-state index in [0.29, 0.717) is 23.0 Å². The summed E-state index contributed by atoms with van der Waals surface area (Å²) in [6, 6.07) is 14.5. The lowest BCUT2D eigenvalue weighted by atomic mass is 10.0. The lowest BCUT2D eigenvalue weighted by Crippen LogP contribution is -2.32. The summed E-state index contributed by atoms with van der Waals surface area (Å²) in [7, 11) is 1.61. The fourth-order valence-corrected chi connectivity index (χ4v) is 2.68. The first-order valence-corrected chi connectivity index (χ1v) is 8.83. The highest BCUT2D eigenvalue weighted by atomic mass is 16.5. The van der Waals surface area contributed by atoms with Crippen LogP contribution in [0.1, 0.15) is 41.7 Å². The molecule has 0 aliphatic rings. The summed E-state index contributed by atoms with van der Waals surface area (Å²) in [6.45, 7) is 5.97. The van der Waals surface area contributed by atoms with Crippen LogP contribution in [0.15, 0.2) is 53.1 Å². The number of methoxy groups -OCH3 is 1. The van der Waals surface area contributed by atoms with Crippen LogP contribution >= 0.6 is 0 Å². The molecule has 1 N–H and O–H groups in total. The number of nitrogens with one attached hydrogen (secondary N) is 1. The van der Waals surface area contributed by atoms with Crippen molar-refractivity contribution in [1.82, 2.24) is 15.5 Å². The van der Waals surface area contributed by atoms with E-state index in [4.69, 9.17) is 9.26 Å². The second kappa shape index (κ2) is 8.03. The largest absolute Gasteiger partial charge is 0.497 e. The standard InChI is InChI=1S/C21H23N3O3/c1-13(2)18(22-20(25)15-10-8-14(3)9-11-15)21-23-19(24-27-21)16-6-5-7-17(12-16)26-4/h5-13,18H,1-4H3,(H,22,25)/t18-/m0/s1. The van der Waals surface area contributed by atoms with Crippen LogP contribution < -0.4 is 10.1 Å². The molecule has 1 amide bonds. The Labute approximate surface area is 158 Å². The maximum absolute atomic E-state index is 12.6. The van der Waals surface area contributed by atoms with E-state index < -0.39 is 0 Å². The molecule has 27 heavy (non-hydrogen) atoms. The topological polar surface area (TPSA) is 77.3 Å². The quantitative estimate of drug-likeness (QED) is 0.709. The van der Waals surface area contributed by atoms with E-state index >= 15 is 0 Å². The van der Waals surface area contributed by atoms with Crippen LogP contribution in [-0.4, -0.2) is 23.2 Å². The SMILES string of the molecule is COc1cccc(-c2noc([C@@H](NC(=O)c3ccc(C)cc3)C(C)C)n2)c1. The normalized spacial score (nSPS) is 12.0. The molecular weight excluding hydrogens is 342 g/mol. The Hall–Kier alpha value is -3.15. The van der Waals surface area contributed by atoms with Gasteiger partial charge in [-0.1, -0.05) is 48.8 Å². The molecule has 0 saturated heterocycles. The molecule has 0 spiro atoms. The van der Waals surface area contributed by atoms with E-state index in [1.165, 1.54) is 0 Å². The summed E-state index contributed by atoms with van der Waals surface area (Å²) in [4.78, 5) is 17.1. The predicted octanol–water partition coefficient (Wildman–Crippen LogP) is 4.18. The molecule has 0 aliphatic carbocycles. The highest BCUT2D eigenvalue weighted by Gasteiger charge is 2.25. The van der Waals surface area contributed by atoms with Crippen LogP contribution in [0.4, 0.5) is 0 Å². The van der Waals surface area contributed by atoms with Gasteiger partial charge in [-0.25, -0.2) is 0 Å². The smallest absolute Gasteiger partial charge is 0.251 e.